The average Bonchev–Trinajstić information content (AvgIpc) is 3.39. The van der Waals surface area contributed by atoms with Gasteiger partial charge in [-0.25, -0.2) is 4.98 Å². The molecule has 1 amide bonds. The molecule has 158 valence electrons. The van der Waals surface area contributed by atoms with Gasteiger partial charge in [0.25, 0.3) is 5.91 Å². The molecule has 4 aromatic rings. The van der Waals surface area contributed by atoms with Gasteiger partial charge in [-0.3, -0.25) is 15.0 Å². The van der Waals surface area contributed by atoms with Crippen LogP contribution in [0.4, 0.5) is 11.6 Å². The fourth-order valence-corrected chi connectivity index (χ4v) is 4.21. The van der Waals surface area contributed by atoms with E-state index < -0.39 is 0 Å². The quantitative estimate of drug-likeness (QED) is 0.466. The number of nitrogens with zero attached hydrogens (tertiary/aromatic N) is 4. The number of aromatic nitrogens is 5. The van der Waals surface area contributed by atoms with E-state index >= 15 is 0 Å². The normalized spacial score (nSPS) is 16.6. The summed E-state index contributed by atoms with van der Waals surface area (Å²) in [6, 6.07) is 13.9. The van der Waals surface area contributed by atoms with E-state index in [9.17, 15) is 4.79 Å². The lowest BCUT2D eigenvalue weighted by Crippen LogP contribution is -2.39. The van der Waals surface area contributed by atoms with Crippen LogP contribution in [0.5, 0.6) is 0 Å². The molecule has 8 nitrogen and oxygen atoms in total. The predicted molar refractivity (Wildman–Crippen MR) is 120 cm³/mol. The third-order valence-electron chi connectivity index (χ3n) is 5.78. The molecule has 1 aliphatic heterocycles. The maximum Gasteiger partial charge on any atom is 0.275 e. The number of benzene rings is 1. The number of rotatable bonds is 4. The largest absolute Gasteiger partial charge is 0.337 e. The summed E-state index contributed by atoms with van der Waals surface area (Å²) in [5.74, 6) is 1.65. The first kappa shape index (κ1) is 19.3. The van der Waals surface area contributed by atoms with E-state index in [0.717, 1.165) is 58.9 Å². The Morgan fingerprint density at radius 3 is 2.84 bits per heavy atom. The number of piperidine rings is 1. The second-order valence-corrected chi connectivity index (χ2v) is 8.22. The highest BCUT2D eigenvalue weighted by Gasteiger charge is 2.28. The van der Waals surface area contributed by atoms with Crippen molar-refractivity contribution in [3.8, 4) is 0 Å². The highest BCUT2D eigenvalue weighted by molar-refractivity contribution is 6.04. The van der Waals surface area contributed by atoms with E-state index in [2.05, 4.69) is 25.7 Å². The molecule has 4 heterocycles. The van der Waals surface area contributed by atoms with Gasteiger partial charge in [0.1, 0.15) is 5.82 Å². The Morgan fingerprint density at radius 2 is 2.00 bits per heavy atom. The van der Waals surface area contributed by atoms with Crippen LogP contribution in [-0.2, 0) is 0 Å². The van der Waals surface area contributed by atoms with E-state index in [0.29, 0.717) is 12.2 Å². The lowest BCUT2D eigenvalue weighted by molar-refractivity contribution is 0.0702. The van der Waals surface area contributed by atoms with Gasteiger partial charge in [-0.15, -0.1) is 0 Å². The van der Waals surface area contributed by atoms with Gasteiger partial charge in [-0.2, -0.15) is 10.2 Å². The summed E-state index contributed by atoms with van der Waals surface area (Å²) in [4.78, 5) is 20.0. The minimum atomic E-state index is -0.0252. The molecule has 0 bridgehead atoms. The molecule has 5 rings (SSSR count). The first-order valence-corrected chi connectivity index (χ1v) is 10.6. The van der Waals surface area contributed by atoms with Crippen molar-refractivity contribution in [2.24, 2.45) is 0 Å². The molecule has 1 aromatic carbocycles. The summed E-state index contributed by atoms with van der Waals surface area (Å²) in [6.45, 7) is 5.35. The van der Waals surface area contributed by atoms with Crippen LogP contribution in [-0.4, -0.2) is 49.3 Å². The van der Waals surface area contributed by atoms with Gasteiger partial charge >= 0.3 is 0 Å². The van der Waals surface area contributed by atoms with E-state index in [1.165, 1.54) is 0 Å². The number of carbonyl (C=O) groups is 1. The Bertz CT molecular complexity index is 1240. The minimum absolute atomic E-state index is 0.0252. The number of aromatic amines is 2. The Labute approximate surface area is 180 Å². The molecule has 1 aliphatic rings. The number of H-pyrrole nitrogens is 2. The zero-order chi connectivity index (χ0) is 21.4. The minimum Gasteiger partial charge on any atom is -0.337 e. The number of aryl methyl sites for hydroxylation is 2. The molecule has 0 radical (unpaired) electrons. The van der Waals surface area contributed by atoms with Gasteiger partial charge in [-0.1, -0.05) is 17.7 Å². The van der Waals surface area contributed by atoms with Crippen LogP contribution in [0.3, 0.4) is 0 Å². The molecule has 1 atom stereocenters. The highest BCUT2D eigenvalue weighted by Crippen LogP contribution is 2.29. The molecule has 1 unspecified atom stereocenters. The predicted octanol–water partition coefficient (Wildman–Crippen LogP) is 4.06. The van der Waals surface area contributed by atoms with Gasteiger partial charge < -0.3 is 10.2 Å². The maximum atomic E-state index is 13.3. The number of pyridine rings is 1. The fraction of sp³-hybridized carbons (Fsp3) is 0.304. The van der Waals surface area contributed by atoms with E-state index in [4.69, 9.17) is 4.98 Å². The summed E-state index contributed by atoms with van der Waals surface area (Å²) in [6.07, 6.45) is 1.94. The number of carbonyl (C=O) groups excluding carboxylic acids is 1. The van der Waals surface area contributed by atoms with Gasteiger partial charge in [-0.05, 0) is 51.0 Å². The Morgan fingerprint density at radius 1 is 1.10 bits per heavy atom. The van der Waals surface area contributed by atoms with Gasteiger partial charge in [0, 0.05) is 41.8 Å². The third kappa shape index (κ3) is 3.88. The zero-order valence-corrected chi connectivity index (χ0v) is 17.6. The monoisotopic (exact) mass is 415 g/mol. The number of anilines is 2. The molecule has 1 fully saturated rings. The lowest BCUT2D eigenvalue weighted by Gasteiger charge is -2.32. The fourth-order valence-electron chi connectivity index (χ4n) is 4.21. The van der Waals surface area contributed by atoms with Crippen LogP contribution in [0.15, 0.2) is 42.5 Å². The van der Waals surface area contributed by atoms with Crippen molar-refractivity contribution in [3.05, 3.63) is 65.1 Å². The van der Waals surface area contributed by atoms with Crippen molar-refractivity contribution in [2.45, 2.75) is 32.6 Å². The van der Waals surface area contributed by atoms with Crippen LogP contribution in [0, 0.1) is 13.8 Å². The number of hydrogen-bond acceptors (Lipinski definition) is 5. The van der Waals surface area contributed by atoms with Crippen molar-refractivity contribution in [2.75, 3.05) is 18.4 Å². The molecule has 1 saturated heterocycles. The molecule has 8 heteroatoms. The highest BCUT2D eigenvalue weighted by atomic mass is 16.2. The van der Waals surface area contributed by atoms with Gasteiger partial charge in [0.05, 0.1) is 5.52 Å². The second kappa shape index (κ2) is 7.86. The van der Waals surface area contributed by atoms with Crippen LogP contribution in [0.2, 0.25) is 0 Å². The number of fused-ring (bicyclic) bond motifs is 1. The van der Waals surface area contributed by atoms with Crippen molar-refractivity contribution in [3.63, 3.8) is 0 Å². The molecule has 0 spiro atoms. The van der Waals surface area contributed by atoms with Crippen molar-refractivity contribution >= 4 is 28.4 Å². The molecule has 0 aliphatic carbocycles. The summed E-state index contributed by atoms with van der Waals surface area (Å²) >= 11 is 0. The third-order valence-corrected chi connectivity index (χ3v) is 5.78. The van der Waals surface area contributed by atoms with Crippen molar-refractivity contribution < 1.29 is 4.79 Å². The average molecular weight is 416 g/mol. The molecule has 0 saturated carbocycles. The van der Waals surface area contributed by atoms with E-state index in [1.54, 1.807) is 0 Å². The van der Waals surface area contributed by atoms with Crippen LogP contribution in [0.25, 0.3) is 10.9 Å². The number of nitrogens with one attached hydrogen (secondary N) is 3. The molecular formula is C23H25N7O. The van der Waals surface area contributed by atoms with Gasteiger partial charge in [0.15, 0.2) is 11.5 Å². The molecule has 31 heavy (non-hydrogen) atoms. The van der Waals surface area contributed by atoms with Crippen LogP contribution in [0.1, 0.15) is 46.2 Å². The second-order valence-electron chi connectivity index (χ2n) is 8.22. The molecule has 3 aromatic heterocycles. The maximum absolute atomic E-state index is 13.3. The summed E-state index contributed by atoms with van der Waals surface area (Å²) in [5.41, 5.74) is 4.46. The first-order valence-electron chi connectivity index (χ1n) is 10.6. The van der Waals surface area contributed by atoms with Crippen LogP contribution >= 0.6 is 0 Å². The standard InChI is InChI=1S/C23H25N7O/c1-14-8-9-19-17(11-14)22(29-27-19)23(31)30-10-4-5-16(13-30)18-6-3-7-20(24-18)25-21-12-15(2)26-28-21/h3,6-9,11-12,16H,4-5,10,13H2,1-2H3,(H,27,29)(H2,24,25,26,28). The Kier molecular flexibility index (Phi) is 4.89. The van der Waals surface area contributed by atoms with Crippen LogP contribution < -0.4 is 5.32 Å². The summed E-state index contributed by atoms with van der Waals surface area (Å²) < 4.78 is 0. The van der Waals surface area contributed by atoms with Crippen molar-refractivity contribution in [1.29, 1.82) is 0 Å². The van der Waals surface area contributed by atoms with Crippen molar-refractivity contribution in [1.82, 2.24) is 30.3 Å². The zero-order valence-electron chi connectivity index (χ0n) is 17.6. The SMILES string of the molecule is Cc1ccc2[nH]nc(C(=O)N3CCCC(c4cccc(Nc5cc(C)[nH]n5)n4)C3)c2c1. The number of amides is 1. The number of likely N-dealkylation sites (tertiary alicyclic amines) is 1. The summed E-state index contributed by atoms with van der Waals surface area (Å²) in [7, 11) is 0. The Balaban J connectivity index is 1.35. The lowest BCUT2D eigenvalue weighted by atomic mass is 9.94. The van der Waals surface area contributed by atoms with E-state index in [1.807, 2.05) is 61.2 Å². The molecular weight excluding hydrogens is 390 g/mol. The topological polar surface area (TPSA) is 103 Å². The first-order chi connectivity index (χ1) is 15.1. The Hall–Kier alpha value is -3.68. The smallest absolute Gasteiger partial charge is 0.275 e. The van der Waals surface area contributed by atoms with Gasteiger partial charge in [0.2, 0.25) is 0 Å². The molecule has 3 N–H and O–H groups in total. The summed E-state index contributed by atoms with van der Waals surface area (Å²) in [5, 5.41) is 18.6. The van der Waals surface area contributed by atoms with E-state index in [-0.39, 0.29) is 11.8 Å². The number of hydrogen-bond donors (Lipinski definition) is 3.